The maximum atomic E-state index is 8.36. The highest BCUT2D eigenvalue weighted by molar-refractivity contribution is 4.22. The topological polar surface area (TPSA) is 231 Å². The molecule has 0 spiro atoms. The number of aliphatic hydroxyl groups is 2. The molecule has 14 heteroatoms. The van der Waals surface area contributed by atoms with Gasteiger partial charge in [-0.1, -0.05) is 0 Å². The fourth-order valence-electron chi connectivity index (χ4n) is 0.0707. The second-order valence-electron chi connectivity index (χ2n) is 1.51. The molecule has 14 nitrogen and oxygen atoms in total. The van der Waals surface area contributed by atoms with Crippen molar-refractivity contribution in [3.8, 4) is 0 Å². The van der Waals surface area contributed by atoms with Crippen LogP contribution >= 0.6 is 0 Å². The van der Waals surface area contributed by atoms with Gasteiger partial charge < -0.3 is 25.8 Å². The van der Waals surface area contributed by atoms with Gasteiger partial charge in [-0.3, -0.25) is 0 Å². The summed E-state index contributed by atoms with van der Waals surface area (Å²) in [5, 5.41) is 56.7. The fourth-order valence-corrected chi connectivity index (χ4v) is 0.0707. The molecule has 0 aliphatic heterocycles. The Hall–Kier alpha value is -2.48. The number of nitrogens with zero attached hydrogens (tertiary/aromatic N) is 3. The van der Waals surface area contributed by atoms with E-state index in [-0.39, 0.29) is 13.2 Å². The summed E-state index contributed by atoms with van der Waals surface area (Å²) in [6.07, 6.45) is 0.500. The van der Waals surface area contributed by atoms with E-state index in [1.54, 1.807) is 0 Å². The van der Waals surface area contributed by atoms with Crippen LogP contribution in [0.15, 0.2) is 0 Å². The highest BCUT2D eigenvalue weighted by Gasteiger charge is 1.70. The van der Waals surface area contributed by atoms with Crippen LogP contribution in [-0.2, 0) is 0 Å². The Labute approximate surface area is 92.3 Å². The molecule has 0 fully saturated rings. The van der Waals surface area contributed by atoms with Gasteiger partial charge in [-0.25, -0.2) is 0 Å². The highest BCUT2D eigenvalue weighted by atomic mass is 16.9. The van der Waals surface area contributed by atoms with E-state index in [1.165, 1.54) is 0 Å². The van der Waals surface area contributed by atoms with Crippen molar-refractivity contribution >= 4 is 0 Å². The lowest BCUT2D eigenvalue weighted by atomic mass is 10.5. The fraction of sp³-hybridized carbons (Fsp3) is 1.00. The van der Waals surface area contributed by atoms with E-state index in [0.717, 1.165) is 0 Å². The summed E-state index contributed by atoms with van der Waals surface area (Å²) in [6, 6.07) is 0. The van der Waals surface area contributed by atoms with Gasteiger partial charge in [-0.15, -0.1) is 30.3 Å². The molecule has 0 aromatic rings. The number of hydrogen-bond acceptors (Lipinski definition) is 8. The lowest BCUT2D eigenvalue weighted by Crippen LogP contribution is -1.85. The molecule has 0 bridgehead atoms. The van der Waals surface area contributed by atoms with Crippen molar-refractivity contribution in [3.63, 3.8) is 0 Å². The zero-order valence-corrected chi connectivity index (χ0v) is 8.15. The highest BCUT2D eigenvalue weighted by Crippen LogP contribution is 1.65. The molecule has 0 saturated carbocycles. The van der Waals surface area contributed by atoms with Crippen LogP contribution in [0.25, 0.3) is 0 Å². The average Bonchev–Trinajstić information content (AvgIpc) is 2.01. The van der Waals surface area contributed by atoms with Crippen LogP contribution in [-0.4, -0.2) is 54.3 Å². The minimum Gasteiger partial charge on any atom is -0.396 e. The van der Waals surface area contributed by atoms with Crippen LogP contribution in [0, 0.1) is 30.3 Å². The Morgan fingerprint density at radius 3 is 0.824 bits per heavy atom. The van der Waals surface area contributed by atoms with Crippen molar-refractivity contribution in [3.05, 3.63) is 30.3 Å². The van der Waals surface area contributed by atoms with E-state index in [1.807, 2.05) is 0 Å². The zero-order valence-electron chi connectivity index (χ0n) is 8.15. The van der Waals surface area contributed by atoms with Gasteiger partial charge >= 0.3 is 0 Å². The summed E-state index contributed by atoms with van der Waals surface area (Å²) in [7, 11) is 0. The Bertz CT molecular complexity index is 152. The molecule has 0 aliphatic carbocycles. The van der Waals surface area contributed by atoms with Gasteiger partial charge in [0.05, 0.1) is 0 Å². The number of rotatable bonds is 2. The molecule has 0 aromatic heterocycles. The molecule has 0 heterocycles. The van der Waals surface area contributed by atoms with E-state index in [2.05, 4.69) is 0 Å². The van der Waals surface area contributed by atoms with Crippen molar-refractivity contribution in [2.45, 2.75) is 6.42 Å². The van der Waals surface area contributed by atoms with Gasteiger partial charge in [0.25, 0.3) is 15.3 Å². The van der Waals surface area contributed by atoms with Crippen LogP contribution in [0.5, 0.6) is 0 Å². The second kappa shape index (κ2) is 23.4. The largest absolute Gasteiger partial charge is 0.396 e. The maximum Gasteiger partial charge on any atom is 0.291 e. The average molecular weight is 265 g/mol. The number of aliphatic hydroxyl groups excluding tert-OH is 2. The molecule has 17 heavy (non-hydrogen) atoms. The molecule has 0 atom stereocenters. The Morgan fingerprint density at radius 2 is 0.824 bits per heavy atom. The van der Waals surface area contributed by atoms with E-state index >= 15 is 0 Å². The summed E-state index contributed by atoms with van der Waals surface area (Å²) < 4.78 is 0. The summed E-state index contributed by atoms with van der Waals surface area (Å²) in [5.74, 6) is 0. The smallest absolute Gasteiger partial charge is 0.291 e. The third-order valence-corrected chi connectivity index (χ3v) is 0.316. The molecule has 0 amide bonds. The molecule has 0 unspecified atom stereocenters. The van der Waals surface area contributed by atoms with E-state index < -0.39 is 15.3 Å². The molecule has 0 aliphatic rings. The summed E-state index contributed by atoms with van der Waals surface area (Å²) in [4.78, 5) is 25.1. The monoisotopic (exact) mass is 265 g/mol. The minimum absolute atomic E-state index is 0.0938. The van der Waals surface area contributed by atoms with Crippen LogP contribution in [0.1, 0.15) is 6.42 Å². The van der Waals surface area contributed by atoms with Gasteiger partial charge in [0.2, 0.25) is 0 Å². The maximum absolute atomic E-state index is 8.36. The third kappa shape index (κ3) is 7790. The Morgan fingerprint density at radius 1 is 0.706 bits per heavy atom. The molecule has 0 saturated heterocycles. The van der Waals surface area contributed by atoms with Gasteiger partial charge in [-0.05, 0) is 6.42 Å². The molecule has 5 N–H and O–H groups in total. The third-order valence-electron chi connectivity index (χ3n) is 0.316. The first-order chi connectivity index (χ1) is 7.61. The summed E-state index contributed by atoms with van der Waals surface area (Å²) in [5.41, 5.74) is 0. The van der Waals surface area contributed by atoms with Crippen LogP contribution in [0.4, 0.5) is 0 Å². The first kappa shape index (κ1) is 24.0. The molecular formula is C3H11N3O11. The van der Waals surface area contributed by atoms with E-state index in [9.17, 15) is 0 Å². The second-order valence-corrected chi connectivity index (χ2v) is 1.51. The lowest BCUT2D eigenvalue weighted by molar-refractivity contribution is -0.742. The first-order valence-electron chi connectivity index (χ1n) is 3.33. The standard InChI is InChI=1S/C3H8O2.3HNO3/c4-2-1-3-5;3*2-1(3)4/h4-5H,1-3H2;3*(H,2,3,4). The number of hydrogen-bond donors (Lipinski definition) is 5. The van der Waals surface area contributed by atoms with Crippen LogP contribution in [0.3, 0.4) is 0 Å². The Balaban J connectivity index is -0.0000000667. The predicted octanol–water partition coefficient (Wildman–Crippen LogP) is -1.68. The predicted molar refractivity (Wildman–Crippen MR) is 45.1 cm³/mol. The summed E-state index contributed by atoms with van der Waals surface area (Å²) in [6.45, 7) is 0.188. The minimum atomic E-state index is -1.50. The van der Waals surface area contributed by atoms with Gasteiger partial charge in [0.15, 0.2) is 0 Å². The normalized spacial score (nSPS) is 6.71. The van der Waals surface area contributed by atoms with E-state index in [4.69, 9.17) is 56.2 Å². The van der Waals surface area contributed by atoms with Crippen molar-refractivity contribution < 1.29 is 41.1 Å². The first-order valence-corrected chi connectivity index (χ1v) is 3.33. The molecule has 0 aromatic carbocycles. The van der Waals surface area contributed by atoms with Crippen molar-refractivity contribution in [1.29, 1.82) is 0 Å². The summed E-state index contributed by atoms with van der Waals surface area (Å²) >= 11 is 0. The van der Waals surface area contributed by atoms with Gasteiger partial charge in [-0.2, -0.15) is 0 Å². The quantitative estimate of drug-likeness (QED) is 0.279. The zero-order chi connectivity index (χ0) is 14.9. The van der Waals surface area contributed by atoms with Crippen molar-refractivity contribution in [2.75, 3.05) is 13.2 Å². The lowest BCUT2D eigenvalue weighted by Gasteiger charge is -1.79. The van der Waals surface area contributed by atoms with Gasteiger partial charge in [0, 0.05) is 13.2 Å². The van der Waals surface area contributed by atoms with Crippen molar-refractivity contribution in [1.82, 2.24) is 0 Å². The van der Waals surface area contributed by atoms with Crippen LogP contribution in [0.2, 0.25) is 0 Å². The SMILES string of the molecule is O=[N+]([O-])O.O=[N+]([O-])O.O=[N+]([O-])O.OCCCO. The molecule has 0 rings (SSSR count). The van der Waals surface area contributed by atoms with Crippen LogP contribution < -0.4 is 0 Å². The van der Waals surface area contributed by atoms with Crippen molar-refractivity contribution in [2.24, 2.45) is 0 Å². The van der Waals surface area contributed by atoms with Gasteiger partial charge in [0.1, 0.15) is 0 Å². The van der Waals surface area contributed by atoms with E-state index in [0.29, 0.717) is 6.42 Å². The molecular weight excluding hydrogens is 254 g/mol. The Kier molecular flexibility index (Phi) is 33.0. The molecule has 0 radical (unpaired) electrons. The molecule has 104 valence electrons.